The van der Waals surface area contributed by atoms with E-state index in [0.29, 0.717) is 0 Å². The van der Waals surface area contributed by atoms with Gasteiger partial charge < -0.3 is 21.0 Å². The van der Waals surface area contributed by atoms with Crippen molar-refractivity contribution in [2.75, 3.05) is 7.05 Å². The van der Waals surface area contributed by atoms with Gasteiger partial charge in [-0.3, -0.25) is 4.57 Å². The molecule has 0 radical (unpaired) electrons. The van der Waals surface area contributed by atoms with E-state index in [1.165, 1.54) is 17.8 Å². The summed E-state index contributed by atoms with van der Waals surface area (Å²) < 4.78 is 1.32. The van der Waals surface area contributed by atoms with Crippen LogP contribution in [0.15, 0.2) is 6.20 Å². The van der Waals surface area contributed by atoms with Crippen molar-refractivity contribution < 1.29 is 10.0 Å². The van der Waals surface area contributed by atoms with Gasteiger partial charge in [-0.1, -0.05) is 0 Å². The number of nitrogens with two attached hydrogens (primary N) is 1. The van der Waals surface area contributed by atoms with E-state index in [0.717, 1.165) is 0 Å². The first kappa shape index (κ1) is 13.8. The standard InChI is InChI=1S/C6H8ClN3O3.CH5N/c1-4(11)2-9-3-5(10(12)13)8-6(9)7;1-2/h3-4,11H,2H2,1H3;2H2,1H3. The average molecular weight is 237 g/mol. The van der Waals surface area contributed by atoms with Gasteiger partial charge >= 0.3 is 11.1 Å². The normalized spacial score (nSPS) is 11.5. The number of rotatable bonds is 3. The molecule has 0 spiro atoms. The van der Waals surface area contributed by atoms with Crippen LogP contribution in [0.25, 0.3) is 0 Å². The van der Waals surface area contributed by atoms with E-state index in [9.17, 15) is 10.1 Å². The summed E-state index contributed by atoms with van der Waals surface area (Å²) in [5.74, 6) is -0.314. The van der Waals surface area contributed by atoms with Crippen LogP contribution in [-0.2, 0) is 6.54 Å². The van der Waals surface area contributed by atoms with Crippen molar-refractivity contribution in [1.29, 1.82) is 0 Å². The summed E-state index contributed by atoms with van der Waals surface area (Å²) >= 11 is 5.57. The van der Waals surface area contributed by atoms with Gasteiger partial charge in [0, 0.05) is 0 Å². The maximum absolute atomic E-state index is 10.3. The largest absolute Gasteiger partial charge is 0.392 e. The van der Waals surface area contributed by atoms with E-state index < -0.39 is 11.0 Å². The van der Waals surface area contributed by atoms with Crippen LogP contribution in [0, 0.1) is 10.1 Å². The van der Waals surface area contributed by atoms with Crippen molar-refractivity contribution in [2.45, 2.75) is 19.6 Å². The van der Waals surface area contributed by atoms with Crippen LogP contribution in [0.2, 0.25) is 5.28 Å². The van der Waals surface area contributed by atoms with Crippen LogP contribution < -0.4 is 5.73 Å². The molecule has 0 amide bonds. The van der Waals surface area contributed by atoms with Crippen molar-refractivity contribution in [3.63, 3.8) is 0 Å². The Morgan fingerprint density at radius 1 is 1.80 bits per heavy atom. The van der Waals surface area contributed by atoms with E-state index in [1.807, 2.05) is 0 Å². The maximum Gasteiger partial charge on any atom is 0.383 e. The first-order valence-electron chi connectivity index (χ1n) is 4.13. The quantitative estimate of drug-likeness (QED) is 0.584. The predicted molar refractivity (Wildman–Crippen MR) is 55.7 cm³/mol. The Morgan fingerprint density at radius 3 is 2.67 bits per heavy atom. The lowest BCUT2D eigenvalue weighted by Gasteiger charge is -2.02. The molecular weight excluding hydrogens is 224 g/mol. The number of aliphatic hydroxyl groups is 1. The first-order chi connectivity index (χ1) is 7.00. The minimum absolute atomic E-state index is 0.00704. The van der Waals surface area contributed by atoms with E-state index in [4.69, 9.17) is 16.7 Å². The third-order valence-corrected chi connectivity index (χ3v) is 1.66. The summed E-state index contributed by atoms with van der Waals surface area (Å²) in [6, 6.07) is 0. The highest BCUT2D eigenvalue weighted by Gasteiger charge is 2.17. The zero-order valence-corrected chi connectivity index (χ0v) is 9.18. The number of hydrogen-bond acceptors (Lipinski definition) is 5. The number of imidazole rings is 1. The van der Waals surface area contributed by atoms with E-state index in [-0.39, 0.29) is 17.6 Å². The van der Waals surface area contributed by atoms with Gasteiger partial charge in [-0.15, -0.1) is 0 Å². The van der Waals surface area contributed by atoms with Gasteiger partial charge in [0.15, 0.2) is 0 Å². The molecule has 1 unspecified atom stereocenters. The first-order valence-corrected chi connectivity index (χ1v) is 4.51. The maximum atomic E-state index is 10.3. The van der Waals surface area contributed by atoms with E-state index in [1.54, 1.807) is 6.92 Å². The summed E-state index contributed by atoms with van der Waals surface area (Å²) in [6.45, 7) is 1.75. The number of aliphatic hydroxyl groups excluding tert-OH is 1. The van der Waals surface area contributed by atoms with Crippen LogP contribution in [0.3, 0.4) is 0 Å². The number of halogens is 1. The fourth-order valence-corrected chi connectivity index (χ4v) is 1.09. The number of nitro groups is 1. The highest BCUT2D eigenvalue weighted by atomic mass is 35.5. The lowest BCUT2D eigenvalue weighted by Crippen LogP contribution is -2.10. The van der Waals surface area contributed by atoms with Crippen LogP contribution in [0.4, 0.5) is 5.82 Å². The summed E-state index contributed by atoms with van der Waals surface area (Å²) in [5.41, 5.74) is 4.50. The minimum Gasteiger partial charge on any atom is -0.392 e. The monoisotopic (exact) mass is 236 g/mol. The minimum atomic E-state index is -0.635. The molecule has 8 heteroatoms. The van der Waals surface area contributed by atoms with Crippen molar-refractivity contribution >= 4 is 17.4 Å². The van der Waals surface area contributed by atoms with Gasteiger partial charge in [-0.2, -0.15) is 0 Å². The molecule has 0 saturated heterocycles. The van der Waals surface area contributed by atoms with Gasteiger partial charge in [0.2, 0.25) is 0 Å². The molecule has 0 fully saturated rings. The van der Waals surface area contributed by atoms with Gasteiger partial charge in [0.05, 0.1) is 12.6 Å². The molecular formula is C7H13ClN4O3. The molecule has 7 nitrogen and oxygen atoms in total. The third kappa shape index (κ3) is 4.24. The summed E-state index contributed by atoms with van der Waals surface area (Å²) in [6.07, 6.45) is 0.570. The third-order valence-electron chi connectivity index (χ3n) is 1.36. The molecule has 0 aliphatic heterocycles. The van der Waals surface area contributed by atoms with Crippen LogP contribution in [0.5, 0.6) is 0 Å². The molecule has 1 heterocycles. The van der Waals surface area contributed by atoms with Crippen molar-refractivity contribution in [1.82, 2.24) is 9.55 Å². The predicted octanol–water partition coefficient (Wildman–Crippen LogP) is 0.400. The van der Waals surface area contributed by atoms with Crippen molar-refractivity contribution in [3.05, 3.63) is 21.6 Å². The molecule has 3 N–H and O–H groups in total. The number of nitrogens with zero attached hydrogens (tertiary/aromatic N) is 3. The molecule has 0 aliphatic carbocycles. The molecule has 1 rings (SSSR count). The molecule has 1 atom stereocenters. The molecule has 0 aliphatic rings. The lowest BCUT2D eigenvalue weighted by atomic mass is 10.4. The summed E-state index contributed by atoms with van der Waals surface area (Å²) in [4.78, 5) is 13.1. The highest BCUT2D eigenvalue weighted by molar-refractivity contribution is 6.28. The van der Waals surface area contributed by atoms with E-state index >= 15 is 0 Å². The lowest BCUT2D eigenvalue weighted by molar-refractivity contribution is -0.389. The molecule has 1 aromatic heterocycles. The second-order valence-electron chi connectivity index (χ2n) is 2.63. The Bertz CT molecular complexity index is 326. The second-order valence-corrected chi connectivity index (χ2v) is 2.96. The number of aromatic nitrogens is 2. The van der Waals surface area contributed by atoms with Crippen molar-refractivity contribution in [2.24, 2.45) is 5.73 Å². The summed E-state index contributed by atoms with van der Waals surface area (Å²) in [7, 11) is 1.50. The molecule has 15 heavy (non-hydrogen) atoms. The molecule has 0 aromatic carbocycles. The van der Waals surface area contributed by atoms with Crippen molar-refractivity contribution in [3.8, 4) is 0 Å². The second kappa shape index (κ2) is 6.33. The molecule has 1 aromatic rings. The zero-order chi connectivity index (χ0) is 12.0. The van der Waals surface area contributed by atoms with Gasteiger partial charge in [0.1, 0.15) is 6.20 Å². The Balaban J connectivity index is 0.000000921. The van der Waals surface area contributed by atoms with Gasteiger partial charge in [-0.05, 0) is 35.5 Å². The topological polar surface area (TPSA) is 107 Å². The Hall–Kier alpha value is -1.18. The Morgan fingerprint density at radius 2 is 2.33 bits per heavy atom. The zero-order valence-electron chi connectivity index (χ0n) is 8.42. The Kier molecular flexibility index (Phi) is 5.83. The fraction of sp³-hybridized carbons (Fsp3) is 0.571. The SMILES string of the molecule is CC(O)Cn1cc([N+](=O)[O-])nc1Cl.CN. The Labute approximate surface area is 91.6 Å². The van der Waals surface area contributed by atoms with Gasteiger partial charge in [0.25, 0.3) is 0 Å². The van der Waals surface area contributed by atoms with E-state index in [2.05, 4.69) is 10.7 Å². The molecule has 0 saturated carbocycles. The highest BCUT2D eigenvalue weighted by Crippen LogP contribution is 2.15. The summed E-state index contributed by atoms with van der Waals surface area (Å²) in [5, 5.41) is 19.3. The smallest absolute Gasteiger partial charge is 0.383 e. The van der Waals surface area contributed by atoms with Crippen LogP contribution >= 0.6 is 11.6 Å². The van der Waals surface area contributed by atoms with Gasteiger partial charge in [-0.25, -0.2) is 0 Å². The molecule has 0 bridgehead atoms. The van der Waals surface area contributed by atoms with Crippen LogP contribution in [0.1, 0.15) is 6.92 Å². The number of hydrogen-bond donors (Lipinski definition) is 2. The molecule has 86 valence electrons. The fourth-order valence-electron chi connectivity index (χ4n) is 0.881. The average Bonchev–Trinajstić information content (AvgIpc) is 2.50. The van der Waals surface area contributed by atoms with Crippen LogP contribution in [-0.4, -0.2) is 32.7 Å².